The van der Waals surface area contributed by atoms with Gasteiger partial charge in [0.1, 0.15) is 0 Å². The molecule has 1 aromatic carbocycles. The fraction of sp³-hybridized carbons (Fsp3) is 0.625. The predicted molar refractivity (Wildman–Crippen MR) is 73.5 cm³/mol. The molecular weight excluding hydrogens is 222 g/mol. The van der Waals surface area contributed by atoms with E-state index in [9.17, 15) is 5.11 Å². The molecule has 0 aromatic heterocycles. The van der Waals surface area contributed by atoms with Gasteiger partial charge in [0.25, 0.3) is 0 Å². The smallest absolute Gasteiger partial charge is 0.0917 e. The molecule has 1 aliphatic heterocycles. The highest BCUT2D eigenvalue weighted by Crippen LogP contribution is 2.40. The summed E-state index contributed by atoms with van der Waals surface area (Å²) in [6.07, 6.45) is 2.47. The van der Waals surface area contributed by atoms with E-state index in [1.54, 1.807) is 0 Å². The molecule has 0 radical (unpaired) electrons. The van der Waals surface area contributed by atoms with Crippen LogP contribution in [0.2, 0.25) is 0 Å². The fourth-order valence-corrected chi connectivity index (χ4v) is 3.56. The molecule has 1 saturated carbocycles. The van der Waals surface area contributed by atoms with E-state index in [1.165, 1.54) is 37.1 Å². The minimum atomic E-state index is -0.332. The number of aryl methyl sites for hydroxylation is 2. The Morgan fingerprint density at radius 1 is 1.11 bits per heavy atom. The summed E-state index contributed by atoms with van der Waals surface area (Å²) in [5, 5.41) is 10.4. The van der Waals surface area contributed by atoms with E-state index >= 15 is 0 Å². The van der Waals surface area contributed by atoms with E-state index in [-0.39, 0.29) is 6.10 Å². The molecule has 0 bridgehead atoms. The summed E-state index contributed by atoms with van der Waals surface area (Å²) in [6, 6.07) is 6.39. The van der Waals surface area contributed by atoms with Gasteiger partial charge in [-0.3, -0.25) is 4.90 Å². The first-order valence-electron chi connectivity index (χ1n) is 7.10. The zero-order valence-corrected chi connectivity index (χ0v) is 11.4. The van der Waals surface area contributed by atoms with Gasteiger partial charge < -0.3 is 5.11 Å². The molecule has 2 fully saturated rings. The minimum Gasteiger partial charge on any atom is -0.387 e. The molecule has 2 nitrogen and oxygen atoms in total. The number of hydrogen-bond acceptors (Lipinski definition) is 2. The van der Waals surface area contributed by atoms with Crippen LogP contribution >= 0.6 is 0 Å². The highest BCUT2D eigenvalue weighted by Gasteiger charge is 2.39. The number of benzene rings is 1. The Bertz CT molecular complexity index is 410. The Kier molecular flexibility index (Phi) is 3.16. The zero-order chi connectivity index (χ0) is 12.7. The molecule has 1 N–H and O–H groups in total. The normalized spacial score (nSPS) is 28.8. The van der Waals surface area contributed by atoms with Crippen molar-refractivity contribution < 1.29 is 5.11 Å². The molecule has 3 atom stereocenters. The van der Waals surface area contributed by atoms with Gasteiger partial charge in [-0.25, -0.2) is 0 Å². The van der Waals surface area contributed by atoms with Crippen molar-refractivity contribution in [3.63, 3.8) is 0 Å². The van der Waals surface area contributed by atoms with Crippen LogP contribution < -0.4 is 0 Å². The van der Waals surface area contributed by atoms with Gasteiger partial charge in [0.15, 0.2) is 0 Å². The Labute approximate surface area is 110 Å². The molecule has 1 saturated heterocycles. The third kappa shape index (κ3) is 2.32. The topological polar surface area (TPSA) is 23.5 Å². The monoisotopic (exact) mass is 245 g/mol. The van der Waals surface area contributed by atoms with E-state index < -0.39 is 0 Å². The Morgan fingerprint density at radius 3 is 2.17 bits per heavy atom. The van der Waals surface area contributed by atoms with Gasteiger partial charge in [0, 0.05) is 19.6 Å². The van der Waals surface area contributed by atoms with Crippen molar-refractivity contribution in [2.45, 2.75) is 32.8 Å². The number of aliphatic hydroxyl groups excluding tert-OH is 1. The fourth-order valence-electron chi connectivity index (χ4n) is 3.56. The quantitative estimate of drug-likeness (QED) is 0.885. The number of likely N-dealkylation sites (tertiary alicyclic amines) is 1. The van der Waals surface area contributed by atoms with Gasteiger partial charge in [-0.05, 0) is 44.1 Å². The molecule has 2 aliphatic rings. The van der Waals surface area contributed by atoms with Crippen LogP contribution in [0.5, 0.6) is 0 Å². The van der Waals surface area contributed by atoms with Crippen LogP contribution in [0.3, 0.4) is 0 Å². The highest BCUT2D eigenvalue weighted by atomic mass is 16.3. The number of β-amino-alcohol motifs (C(OH)–C–C–N with tert-alkyl or cyclic N) is 1. The Hall–Kier alpha value is -0.860. The summed E-state index contributed by atoms with van der Waals surface area (Å²) in [7, 11) is 0. The third-order valence-corrected chi connectivity index (χ3v) is 4.62. The van der Waals surface area contributed by atoms with Crippen LogP contribution in [0.25, 0.3) is 0 Å². The van der Waals surface area contributed by atoms with Crippen molar-refractivity contribution in [1.29, 1.82) is 0 Å². The van der Waals surface area contributed by atoms with Gasteiger partial charge >= 0.3 is 0 Å². The standard InChI is InChI=1S/C16H23NO/c1-11-5-12(2)7-15(6-11)16(18)10-17-8-13-3-4-14(13)9-17/h5-7,13-14,16,18H,3-4,8-10H2,1-2H3/t13-,14+,16?. The number of rotatable bonds is 3. The molecule has 1 aliphatic carbocycles. The predicted octanol–water partition coefficient (Wildman–Crippen LogP) is 2.68. The van der Waals surface area contributed by atoms with E-state index in [0.717, 1.165) is 23.9 Å². The van der Waals surface area contributed by atoms with Gasteiger partial charge in [-0.15, -0.1) is 0 Å². The second-order valence-corrected chi connectivity index (χ2v) is 6.25. The zero-order valence-electron chi connectivity index (χ0n) is 11.4. The average Bonchev–Trinajstić information content (AvgIpc) is 2.54. The van der Waals surface area contributed by atoms with Crippen molar-refractivity contribution in [3.8, 4) is 0 Å². The second-order valence-electron chi connectivity index (χ2n) is 6.25. The van der Waals surface area contributed by atoms with Gasteiger partial charge in [-0.2, -0.15) is 0 Å². The largest absolute Gasteiger partial charge is 0.387 e. The minimum absolute atomic E-state index is 0.332. The lowest BCUT2D eigenvalue weighted by Crippen LogP contribution is -2.26. The van der Waals surface area contributed by atoms with Crippen molar-refractivity contribution in [2.75, 3.05) is 19.6 Å². The lowest BCUT2D eigenvalue weighted by atomic mass is 9.77. The van der Waals surface area contributed by atoms with E-state index in [1.807, 2.05) is 0 Å². The molecule has 1 aromatic rings. The lowest BCUT2D eigenvalue weighted by Gasteiger charge is -2.28. The first kappa shape index (κ1) is 12.2. The molecule has 18 heavy (non-hydrogen) atoms. The van der Waals surface area contributed by atoms with Crippen LogP contribution in [-0.4, -0.2) is 29.6 Å². The van der Waals surface area contributed by atoms with Crippen LogP contribution in [0, 0.1) is 25.7 Å². The summed E-state index contributed by atoms with van der Waals surface area (Å²) in [4.78, 5) is 2.45. The molecule has 2 heteroatoms. The number of nitrogens with zero attached hydrogens (tertiary/aromatic N) is 1. The average molecular weight is 245 g/mol. The summed E-state index contributed by atoms with van der Waals surface area (Å²) in [5.74, 6) is 1.85. The second kappa shape index (κ2) is 4.67. The summed E-state index contributed by atoms with van der Waals surface area (Å²) >= 11 is 0. The maximum atomic E-state index is 10.4. The van der Waals surface area contributed by atoms with Crippen molar-refractivity contribution in [3.05, 3.63) is 34.9 Å². The molecule has 0 spiro atoms. The van der Waals surface area contributed by atoms with Gasteiger partial charge in [0.05, 0.1) is 6.10 Å². The first-order valence-corrected chi connectivity index (χ1v) is 7.10. The molecule has 98 valence electrons. The van der Waals surface area contributed by atoms with Crippen molar-refractivity contribution in [1.82, 2.24) is 4.90 Å². The third-order valence-electron chi connectivity index (χ3n) is 4.62. The Morgan fingerprint density at radius 2 is 1.67 bits per heavy atom. The molecule has 1 unspecified atom stereocenters. The maximum Gasteiger partial charge on any atom is 0.0917 e. The van der Waals surface area contributed by atoms with Crippen LogP contribution in [0.1, 0.15) is 35.6 Å². The van der Waals surface area contributed by atoms with Crippen LogP contribution in [0.4, 0.5) is 0 Å². The molecular formula is C16H23NO. The summed E-state index contributed by atoms with van der Waals surface area (Å²) < 4.78 is 0. The molecule has 0 amide bonds. The first-order chi connectivity index (χ1) is 8.61. The maximum absolute atomic E-state index is 10.4. The van der Waals surface area contributed by atoms with E-state index in [2.05, 4.69) is 36.9 Å². The number of fused-ring (bicyclic) bond motifs is 1. The number of aliphatic hydroxyl groups is 1. The van der Waals surface area contributed by atoms with E-state index in [0.29, 0.717) is 0 Å². The number of hydrogen-bond donors (Lipinski definition) is 1. The van der Waals surface area contributed by atoms with Gasteiger partial charge in [0.2, 0.25) is 0 Å². The molecule has 1 heterocycles. The van der Waals surface area contributed by atoms with Crippen molar-refractivity contribution in [2.24, 2.45) is 11.8 Å². The van der Waals surface area contributed by atoms with Gasteiger partial charge in [-0.1, -0.05) is 29.3 Å². The molecule has 3 rings (SSSR count). The van der Waals surface area contributed by atoms with E-state index in [4.69, 9.17) is 0 Å². The van der Waals surface area contributed by atoms with Crippen molar-refractivity contribution >= 4 is 0 Å². The highest BCUT2D eigenvalue weighted by molar-refractivity contribution is 5.30. The summed E-state index contributed by atoms with van der Waals surface area (Å²) in [5.41, 5.74) is 3.56. The van der Waals surface area contributed by atoms with Crippen LogP contribution in [0.15, 0.2) is 18.2 Å². The van der Waals surface area contributed by atoms with Crippen LogP contribution in [-0.2, 0) is 0 Å². The SMILES string of the molecule is Cc1cc(C)cc(C(O)CN2C[C@H]3CC[C@H]3C2)c1. The lowest BCUT2D eigenvalue weighted by molar-refractivity contribution is 0.124. The Balaban J connectivity index is 1.65. The summed E-state index contributed by atoms with van der Waals surface area (Å²) in [6.45, 7) is 7.40.